The zero-order valence-corrected chi connectivity index (χ0v) is 15.6. The molecule has 1 aromatic carbocycles. The lowest BCUT2D eigenvalue weighted by atomic mass is 9.96. The number of benzene rings is 1. The number of carbonyl (C=O) groups excluding carboxylic acids is 1. The van der Waals surface area contributed by atoms with Crippen LogP contribution in [-0.2, 0) is 4.74 Å². The lowest BCUT2D eigenvalue weighted by molar-refractivity contribution is 0.0779. The Morgan fingerprint density at radius 1 is 1.38 bits per heavy atom. The SMILES string of the molecule is COCCN(C)C[C@@H]1CN(C(=O)c2cccc(Cl)c2Cl)C[C@@H]1CO. The summed E-state index contributed by atoms with van der Waals surface area (Å²) in [6.07, 6.45) is 0. The third-order valence-electron chi connectivity index (χ3n) is 4.50. The van der Waals surface area contributed by atoms with Gasteiger partial charge in [-0.25, -0.2) is 0 Å². The number of likely N-dealkylation sites (N-methyl/N-ethyl adjacent to an activating group) is 1. The molecule has 1 amide bonds. The second kappa shape index (κ2) is 9.02. The minimum absolute atomic E-state index is 0.0653. The molecule has 7 heteroatoms. The van der Waals surface area contributed by atoms with Crippen molar-refractivity contribution < 1.29 is 14.6 Å². The molecule has 2 atom stereocenters. The zero-order valence-electron chi connectivity index (χ0n) is 14.0. The first-order chi connectivity index (χ1) is 11.5. The zero-order chi connectivity index (χ0) is 17.7. The van der Waals surface area contributed by atoms with Crippen molar-refractivity contribution in [2.75, 3.05) is 53.6 Å². The Bertz CT molecular complexity index is 571. The fourth-order valence-electron chi connectivity index (χ4n) is 3.10. The van der Waals surface area contributed by atoms with E-state index in [0.29, 0.717) is 30.3 Å². The minimum atomic E-state index is -0.136. The molecule has 1 saturated heterocycles. The molecule has 1 aromatic rings. The first-order valence-electron chi connectivity index (χ1n) is 7.99. The van der Waals surface area contributed by atoms with Gasteiger partial charge in [-0.05, 0) is 25.1 Å². The number of hydrogen-bond donors (Lipinski definition) is 1. The molecule has 1 fully saturated rings. The Morgan fingerprint density at radius 3 is 2.75 bits per heavy atom. The summed E-state index contributed by atoms with van der Waals surface area (Å²) in [6.45, 7) is 3.48. The van der Waals surface area contributed by atoms with Crippen molar-refractivity contribution in [2.24, 2.45) is 11.8 Å². The van der Waals surface area contributed by atoms with Gasteiger partial charge in [0.05, 0.1) is 22.2 Å². The van der Waals surface area contributed by atoms with Gasteiger partial charge >= 0.3 is 0 Å². The molecule has 0 aromatic heterocycles. The second-order valence-electron chi connectivity index (χ2n) is 6.27. The molecule has 1 heterocycles. The standard InChI is InChI=1S/C17H24Cl2N2O3/c1-20(6-7-24-2)8-12-9-21(10-13(12)11-22)17(23)14-4-3-5-15(18)16(14)19/h3-5,12-13,22H,6-11H2,1-2H3/t12-,13-/m1/s1. The molecule has 0 saturated carbocycles. The Kier molecular flexibility index (Phi) is 7.32. The van der Waals surface area contributed by atoms with E-state index in [9.17, 15) is 9.90 Å². The first kappa shape index (κ1) is 19.5. The highest BCUT2D eigenvalue weighted by Gasteiger charge is 2.36. The summed E-state index contributed by atoms with van der Waals surface area (Å²) in [7, 11) is 3.70. The van der Waals surface area contributed by atoms with E-state index in [1.807, 2.05) is 7.05 Å². The molecule has 1 aliphatic rings. The van der Waals surface area contributed by atoms with Crippen molar-refractivity contribution in [3.8, 4) is 0 Å². The minimum Gasteiger partial charge on any atom is -0.396 e. The van der Waals surface area contributed by atoms with Crippen LogP contribution in [0.1, 0.15) is 10.4 Å². The topological polar surface area (TPSA) is 53.0 Å². The van der Waals surface area contributed by atoms with Crippen LogP contribution in [0.15, 0.2) is 18.2 Å². The molecule has 1 aliphatic heterocycles. The number of rotatable bonds is 7. The fourth-order valence-corrected chi connectivity index (χ4v) is 3.48. The van der Waals surface area contributed by atoms with Gasteiger partial charge in [0.2, 0.25) is 0 Å². The van der Waals surface area contributed by atoms with Crippen molar-refractivity contribution in [2.45, 2.75) is 0 Å². The summed E-state index contributed by atoms with van der Waals surface area (Å²) in [5.41, 5.74) is 0.411. The van der Waals surface area contributed by atoms with Gasteiger partial charge in [0.1, 0.15) is 0 Å². The summed E-state index contributed by atoms with van der Waals surface area (Å²) in [4.78, 5) is 16.7. The molecule has 0 bridgehead atoms. The number of amides is 1. The molecule has 5 nitrogen and oxygen atoms in total. The molecule has 134 valence electrons. The van der Waals surface area contributed by atoms with E-state index in [0.717, 1.165) is 13.1 Å². The van der Waals surface area contributed by atoms with Crippen molar-refractivity contribution in [3.05, 3.63) is 33.8 Å². The van der Waals surface area contributed by atoms with Crippen molar-refractivity contribution in [1.29, 1.82) is 0 Å². The van der Waals surface area contributed by atoms with Crippen LogP contribution in [0.4, 0.5) is 0 Å². The van der Waals surface area contributed by atoms with Gasteiger partial charge in [-0.15, -0.1) is 0 Å². The van der Waals surface area contributed by atoms with Crippen molar-refractivity contribution in [1.82, 2.24) is 9.80 Å². The maximum atomic E-state index is 12.8. The number of hydrogen-bond acceptors (Lipinski definition) is 4. The number of carbonyl (C=O) groups is 1. The maximum absolute atomic E-state index is 12.8. The Labute approximate surface area is 153 Å². The Hall–Kier alpha value is -0.850. The third kappa shape index (κ3) is 4.61. The van der Waals surface area contributed by atoms with Crippen LogP contribution in [0.2, 0.25) is 10.0 Å². The van der Waals surface area contributed by atoms with E-state index >= 15 is 0 Å². The summed E-state index contributed by atoms with van der Waals surface area (Å²) < 4.78 is 5.09. The molecule has 0 aliphatic carbocycles. The molecule has 0 spiro atoms. The summed E-state index contributed by atoms with van der Waals surface area (Å²) >= 11 is 12.2. The molecular formula is C17H24Cl2N2O3. The third-order valence-corrected chi connectivity index (χ3v) is 5.32. The normalized spacial score (nSPS) is 20.8. The van der Waals surface area contributed by atoms with Crippen molar-refractivity contribution in [3.63, 3.8) is 0 Å². The molecule has 1 N–H and O–H groups in total. The predicted octanol–water partition coefficient (Wildman–Crippen LogP) is 2.25. The highest BCUT2D eigenvalue weighted by molar-refractivity contribution is 6.43. The van der Waals surface area contributed by atoms with Gasteiger partial charge in [0.25, 0.3) is 5.91 Å². The van der Waals surface area contributed by atoms with E-state index in [2.05, 4.69) is 4.90 Å². The average Bonchev–Trinajstić information content (AvgIpc) is 2.97. The molecular weight excluding hydrogens is 351 g/mol. The van der Waals surface area contributed by atoms with Crippen LogP contribution in [0.5, 0.6) is 0 Å². The maximum Gasteiger partial charge on any atom is 0.255 e. The van der Waals surface area contributed by atoms with Crippen molar-refractivity contribution >= 4 is 29.1 Å². The molecule has 2 rings (SSSR count). The van der Waals surface area contributed by atoms with Crippen LogP contribution in [0.25, 0.3) is 0 Å². The number of methoxy groups -OCH3 is 1. The molecule has 0 radical (unpaired) electrons. The Balaban J connectivity index is 2.05. The smallest absolute Gasteiger partial charge is 0.255 e. The molecule has 24 heavy (non-hydrogen) atoms. The second-order valence-corrected chi connectivity index (χ2v) is 7.05. The number of ether oxygens (including phenoxy) is 1. The van der Waals surface area contributed by atoms with Gasteiger partial charge in [0, 0.05) is 45.8 Å². The van der Waals surface area contributed by atoms with Gasteiger partial charge in [-0.3, -0.25) is 4.79 Å². The van der Waals surface area contributed by atoms with Crippen LogP contribution in [-0.4, -0.2) is 74.4 Å². The van der Waals surface area contributed by atoms with E-state index < -0.39 is 0 Å². The largest absolute Gasteiger partial charge is 0.396 e. The summed E-state index contributed by atoms with van der Waals surface area (Å²) in [5, 5.41) is 10.3. The summed E-state index contributed by atoms with van der Waals surface area (Å²) in [6, 6.07) is 5.06. The van der Waals surface area contributed by atoms with Crippen LogP contribution < -0.4 is 0 Å². The van der Waals surface area contributed by atoms with Gasteiger partial charge < -0.3 is 19.6 Å². The number of likely N-dealkylation sites (tertiary alicyclic amines) is 1. The van der Waals surface area contributed by atoms with Crippen LogP contribution in [0, 0.1) is 11.8 Å². The average molecular weight is 375 g/mol. The van der Waals surface area contributed by atoms with Gasteiger partial charge in [0.15, 0.2) is 0 Å². The lowest BCUT2D eigenvalue weighted by Crippen LogP contribution is -2.33. The van der Waals surface area contributed by atoms with E-state index in [4.69, 9.17) is 27.9 Å². The van der Waals surface area contributed by atoms with E-state index in [1.54, 1.807) is 30.2 Å². The predicted molar refractivity (Wildman–Crippen MR) is 95.8 cm³/mol. The first-order valence-corrected chi connectivity index (χ1v) is 8.75. The number of nitrogens with zero attached hydrogens (tertiary/aromatic N) is 2. The highest BCUT2D eigenvalue weighted by Crippen LogP contribution is 2.30. The number of aliphatic hydroxyl groups excluding tert-OH is 1. The monoisotopic (exact) mass is 374 g/mol. The quantitative estimate of drug-likeness (QED) is 0.795. The highest BCUT2D eigenvalue weighted by atomic mass is 35.5. The Morgan fingerprint density at radius 2 is 2.08 bits per heavy atom. The summed E-state index contributed by atoms with van der Waals surface area (Å²) in [5.74, 6) is 0.152. The van der Waals surface area contributed by atoms with E-state index in [-0.39, 0.29) is 29.4 Å². The van der Waals surface area contributed by atoms with Gasteiger partial charge in [-0.1, -0.05) is 29.3 Å². The number of halogens is 2. The van der Waals surface area contributed by atoms with Crippen LogP contribution >= 0.6 is 23.2 Å². The number of aliphatic hydroxyl groups is 1. The van der Waals surface area contributed by atoms with Gasteiger partial charge in [-0.2, -0.15) is 0 Å². The molecule has 0 unspecified atom stereocenters. The van der Waals surface area contributed by atoms with E-state index in [1.165, 1.54) is 0 Å². The lowest BCUT2D eigenvalue weighted by Gasteiger charge is -2.23. The van der Waals surface area contributed by atoms with Crippen LogP contribution in [0.3, 0.4) is 0 Å². The fraction of sp³-hybridized carbons (Fsp3) is 0.588.